The third kappa shape index (κ3) is 3.06. The molecular formula is C13H19BrN2. The standard InChI is InChI=1S/C13H19BrN2/c1-11-9-15(2)7-8-16(11)10-12-3-5-13(14)6-4-12/h3-6,11H,7-10H2,1-2H3. The second-order valence-corrected chi connectivity index (χ2v) is 5.62. The fourth-order valence-electron chi connectivity index (χ4n) is 2.24. The van der Waals surface area contributed by atoms with E-state index in [4.69, 9.17) is 0 Å². The van der Waals surface area contributed by atoms with E-state index >= 15 is 0 Å². The van der Waals surface area contributed by atoms with Gasteiger partial charge in [-0.05, 0) is 31.7 Å². The van der Waals surface area contributed by atoms with Crippen LogP contribution in [-0.4, -0.2) is 42.5 Å². The summed E-state index contributed by atoms with van der Waals surface area (Å²) in [5, 5.41) is 0. The van der Waals surface area contributed by atoms with E-state index in [2.05, 4.69) is 64.0 Å². The van der Waals surface area contributed by atoms with Gasteiger partial charge >= 0.3 is 0 Å². The lowest BCUT2D eigenvalue weighted by Crippen LogP contribution is -2.49. The van der Waals surface area contributed by atoms with Crippen molar-refractivity contribution in [1.29, 1.82) is 0 Å². The van der Waals surface area contributed by atoms with Gasteiger partial charge in [-0.2, -0.15) is 0 Å². The molecule has 1 fully saturated rings. The number of halogens is 1. The maximum atomic E-state index is 3.47. The summed E-state index contributed by atoms with van der Waals surface area (Å²) in [6, 6.07) is 9.30. The molecule has 0 amide bonds. The van der Waals surface area contributed by atoms with E-state index in [9.17, 15) is 0 Å². The predicted molar refractivity (Wildman–Crippen MR) is 71.5 cm³/mol. The lowest BCUT2D eigenvalue weighted by atomic mass is 10.1. The summed E-state index contributed by atoms with van der Waals surface area (Å²) in [4.78, 5) is 4.96. The highest BCUT2D eigenvalue weighted by Gasteiger charge is 2.20. The fraction of sp³-hybridized carbons (Fsp3) is 0.538. The van der Waals surface area contributed by atoms with Gasteiger partial charge in [0.25, 0.3) is 0 Å². The van der Waals surface area contributed by atoms with E-state index in [0.717, 1.165) is 11.0 Å². The Hall–Kier alpha value is -0.380. The monoisotopic (exact) mass is 282 g/mol. The number of benzene rings is 1. The molecule has 88 valence electrons. The van der Waals surface area contributed by atoms with Crippen LogP contribution in [0.4, 0.5) is 0 Å². The second kappa shape index (κ2) is 5.30. The molecule has 2 rings (SSSR count). The Morgan fingerprint density at radius 2 is 1.94 bits per heavy atom. The van der Waals surface area contributed by atoms with Crippen molar-refractivity contribution in [3.63, 3.8) is 0 Å². The number of nitrogens with zero attached hydrogens (tertiary/aromatic N) is 2. The molecule has 2 nitrogen and oxygen atoms in total. The first-order valence-electron chi connectivity index (χ1n) is 5.82. The molecule has 0 N–H and O–H groups in total. The molecule has 1 heterocycles. The van der Waals surface area contributed by atoms with Gasteiger partial charge in [-0.25, -0.2) is 0 Å². The molecule has 1 aromatic carbocycles. The van der Waals surface area contributed by atoms with Gasteiger partial charge in [0.2, 0.25) is 0 Å². The van der Waals surface area contributed by atoms with Crippen molar-refractivity contribution in [2.24, 2.45) is 0 Å². The van der Waals surface area contributed by atoms with Crippen LogP contribution in [0.3, 0.4) is 0 Å². The van der Waals surface area contributed by atoms with Crippen LogP contribution in [0.5, 0.6) is 0 Å². The molecule has 1 aromatic rings. The highest BCUT2D eigenvalue weighted by Crippen LogP contribution is 2.15. The Balaban J connectivity index is 1.96. The minimum absolute atomic E-state index is 0.655. The van der Waals surface area contributed by atoms with Gasteiger partial charge in [0.1, 0.15) is 0 Å². The largest absolute Gasteiger partial charge is 0.304 e. The quantitative estimate of drug-likeness (QED) is 0.823. The Kier molecular flexibility index (Phi) is 4.00. The van der Waals surface area contributed by atoms with Crippen LogP contribution in [0.15, 0.2) is 28.7 Å². The number of hydrogen-bond acceptors (Lipinski definition) is 2. The molecule has 1 saturated heterocycles. The van der Waals surface area contributed by atoms with Crippen LogP contribution in [-0.2, 0) is 6.54 Å². The molecule has 0 aromatic heterocycles. The summed E-state index contributed by atoms with van der Waals surface area (Å²) in [7, 11) is 2.20. The fourth-order valence-corrected chi connectivity index (χ4v) is 2.50. The van der Waals surface area contributed by atoms with E-state index in [1.165, 1.54) is 25.2 Å². The number of likely N-dealkylation sites (N-methyl/N-ethyl adjacent to an activating group) is 1. The summed E-state index contributed by atoms with van der Waals surface area (Å²) in [5.74, 6) is 0. The van der Waals surface area contributed by atoms with Gasteiger partial charge in [-0.3, -0.25) is 4.90 Å². The summed E-state index contributed by atoms with van der Waals surface area (Å²) >= 11 is 3.47. The second-order valence-electron chi connectivity index (χ2n) is 4.71. The molecule has 1 aliphatic heterocycles. The van der Waals surface area contributed by atoms with Crippen molar-refractivity contribution in [2.45, 2.75) is 19.5 Å². The molecule has 0 saturated carbocycles. The first-order chi connectivity index (χ1) is 7.65. The Morgan fingerprint density at radius 3 is 2.56 bits per heavy atom. The van der Waals surface area contributed by atoms with Gasteiger partial charge in [0, 0.05) is 36.7 Å². The maximum Gasteiger partial charge on any atom is 0.0237 e. The lowest BCUT2D eigenvalue weighted by Gasteiger charge is -2.38. The average molecular weight is 283 g/mol. The van der Waals surface area contributed by atoms with Gasteiger partial charge in [0.15, 0.2) is 0 Å². The third-order valence-corrected chi connectivity index (χ3v) is 3.80. The van der Waals surface area contributed by atoms with Crippen molar-refractivity contribution < 1.29 is 0 Å². The van der Waals surface area contributed by atoms with E-state index < -0.39 is 0 Å². The molecule has 0 aliphatic carbocycles. The van der Waals surface area contributed by atoms with Crippen LogP contribution in [0, 0.1) is 0 Å². The van der Waals surface area contributed by atoms with Crippen molar-refractivity contribution in [3.05, 3.63) is 34.3 Å². The molecule has 16 heavy (non-hydrogen) atoms. The number of piperazine rings is 1. The molecular weight excluding hydrogens is 264 g/mol. The predicted octanol–water partition coefficient (Wildman–Crippen LogP) is 2.59. The van der Waals surface area contributed by atoms with Gasteiger partial charge in [-0.1, -0.05) is 28.1 Å². The topological polar surface area (TPSA) is 6.48 Å². The van der Waals surface area contributed by atoms with Gasteiger partial charge < -0.3 is 4.90 Å². The first-order valence-corrected chi connectivity index (χ1v) is 6.61. The maximum absolute atomic E-state index is 3.47. The Bertz CT molecular complexity index is 336. The van der Waals surface area contributed by atoms with E-state index in [1.54, 1.807) is 0 Å². The zero-order chi connectivity index (χ0) is 11.5. The molecule has 1 aliphatic rings. The van der Waals surface area contributed by atoms with Crippen molar-refractivity contribution >= 4 is 15.9 Å². The SMILES string of the molecule is CC1CN(C)CCN1Cc1ccc(Br)cc1. The zero-order valence-electron chi connectivity index (χ0n) is 9.99. The van der Waals surface area contributed by atoms with Crippen molar-refractivity contribution in [1.82, 2.24) is 9.80 Å². The summed E-state index contributed by atoms with van der Waals surface area (Å²) in [6.07, 6.45) is 0. The summed E-state index contributed by atoms with van der Waals surface area (Å²) in [6.45, 7) is 6.92. The van der Waals surface area contributed by atoms with Crippen LogP contribution < -0.4 is 0 Å². The molecule has 0 bridgehead atoms. The minimum Gasteiger partial charge on any atom is -0.304 e. The number of hydrogen-bond donors (Lipinski definition) is 0. The van der Waals surface area contributed by atoms with Crippen molar-refractivity contribution in [3.8, 4) is 0 Å². The molecule has 0 spiro atoms. The summed E-state index contributed by atoms with van der Waals surface area (Å²) < 4.78 is 1.16. The van der Waals surface area contributed by atoms with Crippen LogP contribution in [0.2, 0.25) is 0 Å². The van der Waals surface area contributed by atoms with Gasteiger partial charge in [-0.15, -0.1) is 0 Å². The molecule has 1 unspecified atom stereocenters. The molecule has 1 atom stereocenters. The van der Waals surface area contributed by atoms with Crippen LogP contribution in [0.25, 0.3) is 0 Å². The van der Waals surface area contributed by atoms with Crippen LogP contribution in [0.1, 0.15) is 12.5 Å². The smallest absolute Gasteiger partial charge is 0.0237 e. The molecule has 3 heteroatoms. The van der Waals surface area contributed by atoms with E-state index in [-0.39, 0.29) is 0 Å². The minimum atomic E-state index is 0.655. The lowest BCUT2D eigenvalue weighted by molar-refractivity contribution is 0.0938. The zero-order valence-corrected chi connectivity index (χ0v) is 11.6. The van der Waals surface area contributed by atoms with Crippen LogP contribution >= 0.6 is 15.9 Å². The first kappa shape index (κ1) is 12.1. The van der Waals surface area contributed by atoms with E-state index in [1.807, 2.05) is 0 Å². The third-order valence-electron chi connectivity index (χ3n) is 3.27. The highest BCUT2D eigenvalue weighted by molar-refractivity contribution is 9.10. The normalized spacial score (nSPS) is 23.6. The van der Waals surface area contributed by atoms with Crippen molar-refractivity contribution in [2.75, 3.05) is 26.7 Å². The Morgan fingerprint density at radius 1 is 1.25 bits per heavy atom. The number of rotatable bonds is 2. The van der Waals surface area contributed by atoms with E-state index in [0.29, 0.717) is 6.04 Å². The summed E-state index contributed by atoms with van der Waals surface area (Å²) in [5.41, 5.74) is 1.40. The molecule has 0 radical (unpaired) electrons. The Labute approximate surface area is 106 Å². The highest BCUT2D eigenvalue weighted by atomic mass is 79.9. The van der Waals surface area contributed by atoms with Gasteiger partial charge in [0.05, 0.1) is 0 Å². The average Bonchev–Trinajstić information content (AvgIpc) is 2.25.